The SMILES string of the molecule is Cc1ccn(-c2cccc(C(=O)N(C)C(CCNC(=O)c3cccn3C)Cc3ccccc3)c2)n1. The van der Waals surface area contributed by atoms with Crippen LogP contribution in [0.3, 0.4) is 0 Å². The zero-order chi connectivity index (χ0) is 24.8. The van der Waals surface area contributed by atoms with Crippen molar-refractivity contribution in [3.63, 3.8) is 0 Å². The summed E-state index contributed by atoms with van der Waals surface area (Å²) in [5.74, 6) is -0.183. The summed E-state index contributed by atoms with van der Waals surface area (Å²) < 4.78 is 3.56. The van der Waals surface area contributed by atoms with Gasteiger partial charge in [-0.3, -0.25) is 9.59 Å². The summed E-state index contributed by atoms with van der Waals surface area (Å²) in [7, 11) is 3.68. The molecule has 2 amide bonds. The van der Waals surface area contributed by atoms with Crippen LogP contribution in [0.4, 0.5) is 0 Å². The lowest BCUT2D eigenvalue weighted by Gasteiger charge is -2.29. The molecule has 2 aromatic carbocycles. The minimum Gasteiger partial charge on any atom is -0.351 e. The van der Waals surface area contributed by atoms with Gasteiger partial charge < -0.3 is 14.8 Å². The van der Waals surface area contributed by atoms with Crippen LogP contribution in [0.25, 0.3) is 5.69 Å². The van der Waals surface area contributed by atoms with E-state index in [4.69, 9.17) is 0 Å². The van der Waals surface area contributed by atoms with E-state index in [1.54, 1.807) is 20.2 Å². The lowest BCUT2D eigenvalue weighted by Crippen LogP contribution is -2.41. The zero-order valence-electron chi connectivity index (χ0n) is 20.4. The maximum atomic E-state index is 13.5. The highest BCUT2D eigenvalue weighted by molar-refractivity contribution is 5.95. The van der Waals surface area contributed by atoms with E-state index >= 15 is 0 Å². The molecule has 1 atom stereocenters. The van der Waals surface area contributed by atoms with Crippen molar-refractivity contribution in [2.75, 3.05) is 13.6 Å². The highest BCUT2D eigenvalue weighted by Gasteiger charge is 2.22. The third-order valence-corrected chi connectivity index (χ3v) is 6.20. The topological polar surface area (TPSA) is 72.2 Å². The van der Waals surface area contributed by atoms with Gasteiger partial charge in [0.25, 0.3) is 11.8 Å². The molecule has 4 rings (SSSR count). The summed E-state index contributed by atoms with van der Waals surface area (Å²) >= 11 is 0. The van der Waals surface area contributed by atoms with Crippen molar-refractivity contribution in [3.05, 3.63) is 108 Å². The monoisotopic (exact) mass is 469 g/mol. The minimum atomic E-state index is -0.118. The van der Waals surface area contributed by atoms with Gasteiger partial charge in [0.15, 0.2) is 0 Å². The molecule has 35 heavy (non-hydrogen) atoms. The Morgan fingerprint density at radius 2 is 1.80 bits per heavy atom. The smallest absolute Gasteiger partial charge is 0.267 e. The van der Waals surface area contributed by atoms with Crippen molar-refractivity contribution in [1.29, 1.82) is 0 Å². The maximum Gasteiger partial charge on any atom is 0.267 e. The Morgan fingerprint density at radius 1 is 1.00 bits per heavy atom. The van der Waals surface area contributed by atoms with E-state index < -0.39 is 0 Å². The van der Waals surface area contributed by atoms with Crippen LogP contribution in [-0.2, 0) is 13.5 Å². The van der Waals surface area contributed by atoms with Gasteiger partial charge in [-0.15, -0.1) is 0 Å². The number of nitrogens with one attached hydrogen (secondary N) is 1. The molecule has 7 heteroatoms. The Balaban J connectivity index is 1.49. The molecular weight excluding hydrogens is 438 g/mol. The van der Waals surface area contributed by atoms with Gasteiger partial charge in [0.05, 0.1) is 11.4 Å². The Labute approximate surface area is 206 Å². The van der Waals surface area contributed by atoms with E-state index in [-0.39, 0.29) is 17.9 Å². The van der Waals surface area contributed by atoms with Crippen LogP contribution < -0.4 is 5.32 Å². The predicted octanol–water partition coefficient (Wildman–Crippen LogP) is 4.02. The highest BCUT2D eigenvalue weighted by Crippen LogP contribution is 2.17. The quantitative estimate of drug-likeness (QED) is 0.402. The average molecular weight is 470 g/mol. The molecule has 0 saturated heterocycles. The molecule has 0 aliphatic rings. The molecule has 1 unspecified atom stereocenters. The van der Waals surface area contributed by atoms with E-state index in [9.17, 15) is 9.59 Å². The average Bonchev–Trinajstić information content (AvgIpc) is 3.51. The fourth-order valence-corrected chi connectivity index (χ4v) is 4.17. The molecular formula is C28H31N5O2. The molecule has 2 aromatic heterocycles. The fraction of sp³-hybridized carbons (Fsp3) is 0.250. The van der Waals surface area contributed by atoms with Gasteiger partial charge in [0.2, 0.25) is 0 Å². The third kappa shape index (κ3) is 5.87. The van der Waals surface area contributed by atoms with Gasteiger partial charge >= 0.3 is 0 Å². The first-order chi connectivity index (χ1) is 16.9. The Hall–Kier alpha value is -4.13. The summed E-state index contributed by atoms with van der Waals surface area (Å²) in [6, 6.07) is 23.1. The van der Waals surface area contributed by atoms with E-state index in [1.807, 2.05) is 88.0 Å². The number of hydrogen-bond acceptors (Lipinski definition) is 3. The van der Waals surface area contributed by atoms with Gasteiger partial charge in [-0.1, -0.05) is 36.4 Å². The van der Waals surface area contributed by atoms with Crippen molar-refractivity contribution < 1.29 is 9.59 Å². The van der Waals surface area contributed by atoms with Gasteiger partial charge in [-0.2, -0.15) is 5.10 Å². The molecule has 0 bridgehead atoms. The molecule has 1 N–H and O–H groups in total. The number of aromatic nitrogens is 3. The van der Waals surface area contributed by atoms with Gasteiger partial charge in [0.1, 0.15) is 5.69 Å². The molecule has 0 fully saturated rings. The highest BCUT2D eigenvalue weighted by atomic mass is 16.2. The largest absolute Gasteiger partial charge is 0.351 e. The van der Waals surface area contributed by atoms with Crippen LogP contribution >= 0.6 is 0 Å². The van der Waals surface area contributed by atoms with Crippen LogP contribution in [0, 0.1) is 6.92 Å². The molecule has 0 radical (unpaired) electrons. The standard InChI is InChI=1S/C28H31N5O2/c1-21-15-18-33(30-21)25-12-7-11-23(20-25)28(35)32(3)24(19-22-9-5-4-6-10-22)14-16-29-27(34)26-13-8-17-31(26)2/h4-13,15,17-18,20,24H,14,16,19H2,1-3H3,(H,29,34). The molecule has 0 saturated carbocycles. The number of benzene rings is 2. The van der Waals surface area contributed by atoms with Crippen LogP contribution in [0.2, 0.25) is 0 Å². The number of hydrogen-bond donors (Lipinski definition) is 1. The Bertz CT molecular complexity index is 1290. The Kier molecular flexibility index (Phi) is 7.45. The lowest BCUT2D eigenvalue weighted by atomic mass is 10.0. The molecule has 4 aromatic rings. The van der Waals surface area contributed by atoms with Crippen LogP contribution in [-0.4, -0.2) is 50.7 Å². The molecule has 2 heterocycles. The van der Waals surface area contributed by atoms with E-state index in [0.717, 1.165) is 16.9 Å². The predicted molar refractivity (Wildman–Crippen MR) is 137 cm³/mol. The van der Waals surface area contributed by atoms with Gasteiger partial charge in [-0.25, -0.2) is 4.68 Å². The van der Waals surface area contributed by atoms with E-state index in [2.05, 4.69) is 22.5 Å². The summed E-state index contributed by atoms with van der Waals surface area (Å²) in [6.45, 7) is 2.40. The summed E-state index contributed by atoms with van der Waals surface area (Å²) in [5, 5.41) is 7.45. The van der Waals surface area contributed by atoms with Crippen molar-refractivity contribution >= 4 is 11.8 Å². The van der Waals surface area contributed by atoms with Crippen LogP contribution in [0.1, 0.15) is 38.5 Å². The second-order valence-corrected chi connectivity index (χ2v) is 8.76. The molecule has 180 valence electrons. The van der Waals surface area contributed by atoms with Crippen molar-refractivity contribution in [2.45, 2.75) is 25.8 Å². The zero-order valence-corrected chi connectivity index (χ0v) is 20.4. The summed E-state index contributed by atoms with van der Waals surface area (Å²) in [6.07, 6.45) is 5.06. The van der Waals surface area contributed by atoms with Crippen molar-refractivity contribution in [3.8, 4) is 5.69 Å². The second-order valence-electron chi connectivity index (χ2n) is 8.76. The van der Waals surface area contributed by atoms with Crippen molar-refractivity contribution in [2.24, 2.45) is 7.05 Å². The maximum absolute atomic E-state index is 13.5. The number of carbonyl (C=O) groups is 2. The first-order valence-corrected chi connectivity index (χ1v) is 11.8. The van der Waals surface area contributed by atoms with Gasteiger partial charge in [0, 0.05) is 44.6 Å². The molecule has 7 nitrogen and oxygen atoms in total. The number of aryl methyl sites for hydroxylation is 2. The lowest BCUT2D eigenvalue weighted by molar-refractivity contribution is 0.0722. The van der Waals surface area contributed by atoms with Crippen LogP contribution in [0.5, 0.6) is 0 Å². The number of nitrogens with zero attached hydrogens (tertiary/aromatic N) is 4. The Morgan fingerprint density at radius 3 is 2.49 bits per heavy atom. The van der Waals surface area contributed by atoms with Gasteiger partial charge in [-0.05, 0) is 61.7 Å². The number of rotatable bonds is 9. The third-order valence-electron chi connectivity index (χ3n) is 6.20. The molecule has 0 aliphatic heterocycles. The van der Waals surface area contributed by atoms with E-state index in [1.165, 1.54) is 0 Å². The fourth-order valence-electron chi connectivity index (χ4n) is 4.17. The second kappa shape index (κ2) is 10.9. The van der Waals surface area contributed by atoms with E-state index in [0.29, 0.717) is 30.6 Å². The summed E-state index contributed by atoms with van der Waals surface area (Å²) in [5.41, 5.74) is 4.11. The van der Waals surface area contributed by atoms with Crippen LogP contribution in [0.15, 0.2) is 85.2 Å². The molecule has 0 spiro atoms. The number of amides is 2. The summed E-state index contributed by atoms with van der Waals surface area (Å²) in [4.78, 5) is 27.8. The first kappa shape index (κ1) is 24.0. The van der Waals surface area contributed by atoms with Crippen molar-refractivity contribution in [1.82, 2.24) is 24.6 Å². The molecule has 0 aliphatic carbocycles. The normalized spacial score (nSPS) is 11.7. The number of carbonyl (C=O) groups excluding carboxylic acids is 2. The minimum absolute atomic E-state index is 0.0644. The number of likely N-dealkylation sites (N-methyl/N-ethyl adjacent to an activating group) is 1. The first-order valence-electron chi connectivity index (χ1n) is 11.8.